The predicted octanol–water partition coefficient (Wildman–Crippen LogP) is 1.26. The molecule has 2 amide bonds. The molecule has 0 spiro atoms. The summed E-state index contributed by atoms with van der Waals surface area (Å²) in [6.45, 7) is 6.77. The van der Waals surface area contributed by atoms with Crippen molar-refractivity contribution in [1.29, 1.82) is 0 Å². The van der Waals surface area contributed by atoms with E-state index in [9.17, 15) is 14.4 Å². The Morgan fingerprint density at radius 1 is 1.12 bits per heavy atom. The topological polar surface area (TPSA) is 106 Å². The molecule has 0 aliphatic carbocycles. The molecule has 0 heterocycles. The van der Waals surface area contributed by atoms with Crippen molar-refractivity contribution >= 4 is 18.0 Å². The van der Waals surface area contributed by atoms with Crippen LogP contribution in [0.5, 0.6) is 0 Å². The summed E-state index contributed by atoms with van der Waals surface area (Å²) in [7, 11) is 0. The van der Waals surface area contributed by atoms with Crippen LogP contribution in [0.4, 0.5) is 4.79 Å². The molecule has 138 valence electrons. The van der Waals surface area contributed by atoms with E-state index in [2.05, 4.69) is 16.1 Å². The van der Waals surface area contributed by atoms with Crippen LogP contribution in [0.25, 0.3) is 0 Å². The number of carbonyl (C=O) groups excluding carboxylic acids is 3. The number of hydrogen-bond acceptors (Lipinski definition) is 6. The zero-order valence-electron chi connectivity index (χ0n) is 14.9. The van der Waals surface area contributed by atoms with Gasteiger partial charge in [0.2, 0.25) is 5.91 Å². The van der Waals surface area contributed by atoms with E-state index in [-0.39, 0.29) is 13.2 Å². The first kappa shape index (κ1) is 20.4. The van der Waals surface area contributed by atoms with Crippen molar-refractivity contribution < 1.29 is 24.0 Å². The van der Waals surface area contributed by atoms with Crippen LogP contribution in [0.15, 0.2) is 30.3 Å². The molecule has 0 unspecified atom stereocenters. The van der Waals surface area contributed by atoms with Gasteiger partial charge in [0.1, 0.15) is 19.2 Å². The molecule has 1 rings (SSSR count). The fraction of sp³-hybridized carbons (Fsp3) is 0.471. The van der Waals surface area contributed by atoms with Crippen molar-refractivity contribution in [2.75, 3.05) is 6.54 Å². The Kier molecular flexibility index (Phi) is 7.87. The molecule has 3 N–H and O–H groups in total. The van der Waals surface area contributed by atoms with Gasteiger partial charge in [0.05, 0.1) is 0 Å². The van der Waals surface area contributed by atoms with Crippen LogP contribution in [-0.2, 0) is 25.8 Å². The number of benzene rings is 1. The lowest BCUT2D eigenvalue weighted by Gasteiger charge is -2.21. The maximum atomic E-state index is 11.7. The molecule has 0 saturated heterocycles. The van der Waals surface area contributed by atoms with Crippen LogP contribution in [-0.4, -0.2) is 36.1 Å². The van der Waals surface area contributed by atoms with Gasteiger partial charge < -0.3 is 20.2 Å². The summed E-state index contributed by atoms with van der Waals surface area (Å²) >= 11 is 0. The molecule has 1 aromatic carbocycles. The molecule has 0 aromatic heterocycles. The fourth-order valence-electron chi connectivity index (χ4n) is 1.57. The highest BCUT2D eigenvalue weighted by Gasteiger charge is 2.20. The van der Waals surface area contributed by atoms with Gasteiger partial charge in [0, 0.05) is 5.54 Å². The maximum Gasteiger partial charge on any atom is 0.407 e. The third kappa shape index (κ3) is 9.31. The first-order valence-corrected chi connectivity index (χ1v) is 7.89. The monoisotopic (exact) mass is 351 g/mol. The van der Waals surface area contributed by atoms with Crippen LogP contribution in [0.2, 0.25) is 0 Å². The lowest BCUT2D eigenvalue weighted by molar-refractivity contribution is -0.158. The Hall–Kier alpha value is -2.61. The van der Waals surface area contributed by atoms with Gasteiger partial charge in [-0.1, -0.05) is 30.3 Å². The van der Waals surface area contributed by atoms with Crippen LogP contribution < -0.4 is 16.1 Å². The second kappa shape index (κ2) is 9.63. The fourth-order valence-corrected chi connectivity index (χ4v) is 1.57. The molecule has 0 aliphatic rings. The van der Waals surface area contributed by atoms with Gasteiger partial charge in [0.25, 0.3) is 0 Å². The van der Waals surface area contributed by atoms with Crippen molar-refractivity contribution in [3.05, 3.63) is 35.9 Å². The Balaban J connectivity index is 2.24. The van der Waals surface area contributed by atoms with Gasteiger partial charge >= 0.3 is 12.1 Å². The van der Waals surface area contributed by atoms with Crippen LogP contribution in [0, 0.1) is 0 Å². The SMILES string of the molecule is C[C@H](NC(=O)CNC(=O)OCc1ccccc1)C(=O)ONC(C)(C)C. The summed E-state index contributed by atoms with van der Waals surface area (Å²) in [6, 6.07) is 8.30. The standard InChI is InChI=1S/C17H25N3O5/c1-12(15(22)25-20-17(2,3)4)19-14(21)10-18-16(23)24-11-13-8-6-5-7-9-13/h5-9,12,20H,10-11H2,1-4H3,(H,18,23)(H,19,21)/t12-/m0/s1. The van der Waals surface area contributed by atoms with Crippen molar-refractivity contribution in [3.8, 4) is 0 Å². The van der Waals surface area contributed by atoms with E-state index < -0.39 is 29.6 Å². The Morgan fingerprint density at radius 2 is 1.76 bits per heavy atom. The van der Waals surface area contributed by atoms with E-state index in [4.69, 9.17) is 9.57 Å². The van der Waals surface area contributed by atoms with Crippen molar-refractivity contribution in [2.24, 2.45) is 0 Å². The number of carbonyl (C=O) groups is 3. The first-order chi connectivity index (χ1) is 11.7. The van der Waals surface area contributed by atoms with E-state index in [1.165, 1.54) is 6.92 Å². The number of nitrogens with one attached hydrogen (secondary N) is 3. The van der Waals surface area contributed by atoms with Gasteiger partial charge in [-0.2, -0.15) is 0 Å². The van der Waals surface area contributed by atoms with Crippen molar-refractivity contribution in [3.63, 3.8) is 0 Å². The zero-order chi connectivity index (χ0) is 18.9. The molecule has 0 bridgehead atoms. The Labute approximate surface area is 147 Å². The van der Waals surface area contributed by atoms with E-state index in [0.29, 0.717) is 0 Å². The van der Waals surface area contributed by atoms with Gasteiger partial charge in [-0.25, -0.2) is 9.59 Å². The lowest BCUT2D eigenvalue weighted by atomic mass is 10.1. The molecule has 0 fully saturated rings. The normalized spacial score (nSPS) is 12.0. The Bertz CT molecular complexity index is 584. The summed E-state index contributed by atoms with van der Waals surface area (Å²) in [6.07, 6.45) is -0.719. The third-order valence-electron chi connectivity index (χ3n) is 2.79. The summed E-state index contributed by atoms with van der Waals surface area (Å²) in [5, 5.41) is 4.73. The zero-order valence-corrected chi connectivity index (χ0v) is 14.9. The molecule has 0 aliphatic heterocycles. The quantitative estimate of drug-likeness (QED) is 0.639. The summed E-state index contributed by atoms with van der Waals surface area (Å²) in [4.78, 5) is 39.8. The maximum absolute atomic E-state index is 11.7. The molecule has 8 nitrogen and oxygen atoms in total. The van der Waals surface area contributed by atoms with Crippen LogP contribution in [0.1, 0.15) is 33.3 Å². The minimum absolute atomic E-state index is 0.107. The minimum atomic E-state index is -0.857. The molecule has 1 atom stereocenters. The van der Waals surface area contributed by atoms with Crippen molar-refractivity contribution in [2.45, 2.75) is 45.9 Å². The number of alkyl carbamates (subject to hydrolysis) is 1. The Morgan fingerprint density at radius 3 is 2.36 bits per heavy atom. The number of rotatable bonds is 7. The van der Waals surface area contributed by atoms with Crippen LogP contribution >= 0.6 is 0 Å². The van der Waals surface area contributed by atoms with Gasteiger partial charge in [-0.3, -0.25) is 4.79 Å². The number of hydrogen-bond donors (Lipinski definition) is 3. The molecule has 0 radical (unpaired) electrons. The average Bonchev–Trinajstić information content (AvgIpc) is 2.56. The molecule has 8 heteroatoms. The number of amides is 2. The van der Waals surface area contributed by atoms with E-state index in [0.717, 1.165) is 5.56 Å². The molecular formula is C17H25N3O5. The largest absolute Gasteiger partial charge is 0.445 e. The van der Waals surface area contributed by atoms with E-state index in [1.54, 1.807) is 0 Å². The van der Waals surface area contributed by atoms with Gasteiger partial charge in [-0.15, -0.1) is 5.48 Å². The minimum Gasteiger partial charge on any atom is -0.445 e. The highest BCUT2D eigenvalue weighted by Crippen LogP contribution is 2.00. The first-order valence-electron chi connectivity index (χ1n) is 7.89. The second-order valence-corrected chi connectivity index (χ2v) is 6.48. The molecule has 25 heavy (non-hydrogen) atoms. The smallest absolute Gasteiger partial charge is 0.407 e. The second-order valence-electron chi connectivity index (χ2n) is 6.48. The highest BCUT2D eigenvalue weighted by atomic mass is 16.7. The molecular weight excluding hydrogens is 326 g/mol. The van der Waals surface area contributed by atoms with Crippen molar-refractivity contribution in [1.82, 2.24) is 16.1 Å². The molecule has 0 saturated carbocycles. The predicted molar refractivity (Wildman–Crippen MR) is 91.2 cm³/mol. The summed E-state index contributed by atoms with van der Waals surface area (Å²) < 4.78 is 4.98. The highest BCUT2D eigenvalue weighted by molar-refractivity contribution is 5.86. The summed E-state index contributed by atoms with van der Waals surface area (Å²) in [5.41, 5.74) is 3.01. The molecule has 1 aromatic rings. The van der Waals surface area contributed by atoms with E-state index in [1.807, 2.05) is 51.1 Å². The van der Waals surface area contributed by atoms with E-state index >= 15 is 0 Å². The summed E-state index contributed by atoms with van der Waals surface area (Å²) in [5.74, 6) is -1.16. The lowest BCUT2D eigenvalue weighted by Crippen LogP contribution is -2.47. The third-order valence-corrected chi connectivity index (χ3v) is 2.79. The van der Waals surface area contributed by atoms with Gasteiger partial charge in [-0.05, 0) is 33.3 Å². The number of hydroxylamine groups is 1. The van der Waals surface area contributed by atoms with Crippen LogP contribution in [0.3, 0.4) is 0 Å². The average molecular weight is 351 g/mol. The van der Waals surface area contributed by atoms with Gasteiger partial charge in [0.15, 0.2) is 0 Å². The number of ether oxygens (including phenoxy) is 1.